The number of ether oxygens (including phenoxy) is 3. The van der Waals surface area contributed by atoms with Gasteiger partial charge in [-0.15, -0.1) is 5.10 Å². The van der Waals surface area contributed by atoms with Crippen molar-refractivity contribution in [2.24, 2.45) is 0 Å². The second-order valence-corrected chi connectivity index (χ2v) is 5.88. The van der Waals surface area contributed by atoms with Crippen molar-refractivity contribution in [3.8, 4) is 22.9 Å². The summed E-state index contributed by atoms with van der Waals surface area (Å²) in [6.45, 7) is 2.32. The number of hydrogen-bond donors (Lipinski definition) is 0. The molecule has 144 valence electrons. The highest BCUT2D eigenvalue weighted by Crippen LogP contribution is 2.36. The maximum atomic E-state index is 12.1. The van der Waals surface area contributed by atoms with E-state index in [4.69, 9.17) is 25.8 Å². The van der Waals surface area contributed by atoms with Crippen molar-refractivity contribution in [1.82, 2.24) is 20.2 Å². The molecule has 0 saturated heterocycles. The molecule has 0 fully saturated rings. The minimum absolute atomic E-state index is 0.396. The Kier molecular flexibility index (Phi) is 6.23. The van der Waals surface area contributed by atoms with Crippen LogP contribution < -0.4 is 14.2 Å². The van der Waals surface area contributed by atoms with E-state index in [2.05, 4.69) is 15.5 Å². The van der Waals surface area contributed by atoms with Crippen molar-refractivity contribution < 1.29 is 19.0 Å². The van der Waals surface area contributed by atoms with Crippen LogP contribution in [0.4, 0.5) is 0 Å². The number of nitrogens with zero attached hydrogens (tertiary/aromatic N) is 4. The van der Waals surface area contributed by atoms with Crippen LogP contribution in [0.2, 0.25) is 5.02 Å². The van der Waals surface area contributed by atoms with E-state index < -0.39 is 5.97 Å². The Morgan fingerprint density at radius 2 is 2.04 bits per heavy atom. The Labute approximate surface area is 166 Å². The van der Waals surface area contributed by atoms with E-state index in [0.29, 0.717) is 34.4 Å². The number of tetrazole rings is 1. The van der Waals surface area contributed by atoms with Gasteiger partial charge >= 0.3 is 5.97 Å². The van der Waals surface area contributed by atoms with Crippen LogP contribution in [-0.4, -0.2) is 39.9 Å². The first kappa shape index (κ1) is 19.4. The highest BCUT2D eigenvalue weighted by Gasteiger charge is 2.11. The van der Waals surface area contributed by atoms with E-state index in [1.165, 1.54) is 24.2 Å². The fourth-order valence-electron chi connectivity index (χ4n) is 2.38. The minimum atomic E-state index is -0.529. The average Bonchev–Trinajstić information content (AvgIpc) is 3.23. The van der Waals surface area contributed by atoms with Crippen LogP contribution in [0.1, 0.15) is 12.5 Å². The summed E-state index contributed by atoms with van der Waals surface area (Å²) < 4.78 is 17.5. The van der Waals surface area contributed by atoms with Gasteiger partial charge in [-0.05, 0) is 65.4 Å². The van der Waals surface area contributed by atoms with Gasteiger partial charge in [0.1, 0.15) is 12.1 Å². The topological polar surface area (TPSA) is 88.4 Å². The van der Waals surface area contributed by atoms with Crippen molar-refractivity contribution in [3.63, 3.8) is 0 Å². The second-order valence-electron chi connectivity index (χ2n) is 5.47. The van der Waals surface area contributed by atoms with Crippen LogP contribution in [0.3, 0.4) is 0 Å². The molecule has 0 unspecified atom stereocenters. The van der Waals surface area contributed by atoms with Crippen LogP contribution in [0, 0.1) is 0 Å². The third kappa shape index (κ3) is 4.66. The molecule has 2 aromatic carbocycles. The second kappa shape index (κ2) is 9.01. The molecule has 8 nitrogen and oxygen atoms in total. The van der Waals surface area contributed by atoms with Gasteiger partial charge in [-0.25, -0.2) is 9.48 Å². The number of esters is 1. The highest BCUT2D eigenvalue weighted by molar-refractivity contribution is 6.32. The first-order chi connectivity index (χ1) is 13.6. The Morgan fingerprint density at radius 1 is 1.25 bits per heavy atom. The molecule has 1 heterocycles. The van der Waals surface area contributed by atoms with Crippen molar-refractivity contribution in [2.45, 2.75) is 6.92 Å². The van der Waals surface area contributed by atoms with Crippen LogP contribution >= 0.6 is 11.6 Å². The van der Waals surface area contributed by atoms with Gasteiger partial charge in [0.15, 0.2) is 11.5 Å². The van der Waals surface area contributed by atoms with Gasteiger partial charge in [-0.2, -0.15) is 0 Å². The van der Waals surface area contributed by atoms with E-state index in [9.17, 15) is 4.79 Å². The molecule has 3 rings (SSSR count). The number of benzene rings is 2. The lowest BCUT2D eigenvalue weighted by atomic mass is 10.2. The maximum Gasteiger partial charge on any atom is 0.336 e. The lowest BCUT2D eigenvalue weighted by Crippen LogP contribution is -2.04. The summed E-state index contributed by atoms with van der Waals surface area (Å²) in [5, 5.41) is 11.3. The molecular formula is C19H17ClN4O4. The van der Waals surface area contributed by atoms with Crippen molar-refractivity contribution in [3.05, 3.63) is 59.4 Å². The van der Waals surface area contributed by atoms with E-state index in [1.54, 1.807) is 42.5 Å². The molecular weight excluding hydrogens is 384 g/mol. The fraction of sp³-hybridized carbons (Fsp3) is 0.158. The molecule has 9 heteroatoms. The highest BCUT2D eigenvalue weighted by atomic mass is 35.5. The molecule has 0 bridgehead atoms. The van der Waals surface area contributed by atoms with Gasteiger partial charge in [0.25, 0.3) is 0 Å². The van der Waals surface area contributed by atoms with E-state index >= 15 is 0 Å². The number of methoxy groups -OCH3 is 1. The Bertz CT molecular complexity index is 972. The molecule has 0 aliphatic rings. The zero-order valence-corrected chi connectivity index (χ0v) is 16.0. The van der Waals surface area contributed by atoms with Crippen molar-refractivity contribution >= 4 is 23.6 Å². The van der Waals surface area contributed by atoms with Crippen LogP contribution in [0.25, 0.3) is 11.8 Å². The first-order valence-corrected chi connectivity index (χ1v) is 8.72. The largest absolute Gasteiger partial charge is 0.493 e. The van der Waals surface area contributed by atoms with Crippen LogP contribution in [0.5, 0.6) is 17.2 Å². The Morgan fingerprint density at radius 3 is 2.68 bits per heavy atom. The monoisotopic (exact) mass is 400 g/mol. The zero-order chi connectivity index (χ0) is 19.9. The van der Waals surface area contributed by atoms with Crippen molar-refractivity contribution in [1.29, 1.82) is 0 Å². The summed E-state index contributed by atoms with van der Waals surface area (Å²) in [5.41, 5.74) is 1.42. The number of aromatic nitrogens is 4. The van der Waals surface area contributed by atoms with Gasteiger partial charge in [0, 0.05) is 6.08 Å². The average molecular weight is 401 g/mol. The third-order valence-corrected chi connectivity index (χ3v) is 3.90. The standard InChI is InChI=1S/C19H17ClN4O4/c1-3-27-19-16(20)10-13(11-17(19)26-2)4-9-18(25)28-15-7-5-14(6-8-15)24-12-21-22-23-24/h4-12H,3H2,1-2H3. The number of hydrogen-bond acceptors (Lipinski definition) is 7. The SMILES string of the molecule is CCOc1c(Cl)cc(C=CC(=O)Oc2ccc(-n3cnnn3)cc2)cc1OC. The fourth-order valence-corrected chi connectivity index (χ4v) is 2.66. The lowest BCUT2D eigenvalue weighted by Gasteiger charge is -2.11. The van der Waals surface area contributed by atoms with Crippen LogP contribution in [-0.2, 0) is 4.79 Å². The number of halogens is 1. The number of rotatable bonds is 7. The van der Waals surface area contributed by atoms with Crippen LogP contribution in [0.15, 0.2) is 48.8 Å². The molecule has 0 atom stereocenters. The molecule has 0 aliphatic carbocycles. The molecule has 0 amide bonds. The zero-order valence-electron chi connectivity index (χ0n) is 15.2. The summed E-state index contributed by atoms with van der Waals surface area (Å²) in [6.07, 6.45) is 4.36. The van der Waals surface area contributed by atoms with Crippen molar-refractivity contribution in [2.75, 3.05) is 13.7 Å². The van der Waals surface area contributed by atoms with Gasteiger partial charge in [-0.3, -0.25) is 0 Å². The smallest absolute Gasteiger partial charge is 0.336 e. The molecule has 0 radical (unpaired) electrons. The quantitative estimate of drug-likeness (QED) is 0.341. The van der Waals surface area contributed by atoms with E-state index in [0.717, 1.165) is 5.69 Å². The minimum Gasteiger partial charge on any atom is -0.493 e. The number of carbonyl (C=O) groups is 1. The molecule has 3 aromatic rings. The predicted molar refractivity (Wildman–Crippen MR) is 103 cm³/mol. The molecule has 0 spiro atoms. The Hall–Kier alpha value is -3.39. The Balaban J connectivity index is 1.67. The summed E-state index contributed by atoms with van der Waals surface area (Å²) in [6, 6.07) is 10.2. The summed E-state index contributed by atoms with van der Waals surface area (Å²) in [5.74, 6) is 0.822. The third-order valence-electron chi connectivity index (χ3n) is 3.62. The predicted octanol–water partition coefficient (Wildman–Crippen LogP) is 3.34. The molecule has 28 heavy (non-hydrogen) atoms. The normalized spacial score (nSPS) is 10.8. The molecule has 1 aromatic heterocycles. The van der Waals surface area contributed by atoms with Gasteiger partial charge in [0.2, 0.25) is 0 Å². The first-order valence-electron chi connectivity index (χ1n) is 8.34. The van der Waals surface area contributed by atoms with E-state index in [1.807, 2.05) is 6.92 Å². The summed E-state index contributed by atoms with van der Waals surface area (Å²) in [7, 11) is 1.52. The van der Waals surface area contributed by atoms with Gasteiger partial charge in [-0.1, -0.05) is 11.6 Å². The molecule has 0 aliphatic heterocycles. The van der Waals surface area contributed by atoms with Gasteiger partial charge in [0.05, 0.1) is 24.4 Å². The molecule has 0 saturated carbocycles. The lowest BCUT2D eigenvalue weighted by molar-refractivity contribution is -0.128. The number of carbonyl (C=O) groups excluding carboxylic acids is 1. The summed E-state index contributed by atoms with van der Waals surface area (Å²) >= 11 is 6.22. The van der Waals surface area contributed by atoms with E-state index in [-0.39, 0.29) is 0 Å². The maximum absolute atomic E-state index is 12.1. The van der Waals surface area contributed by atoms with Gasteiger partial charge < -0.3 is 14.2 Å². The molecule has 0 N–H and O–H groups in total. The summed E-state index contributed by atoms with van der Waals surface area (Å²) in [4.78, 5) is 12.1.